The van der Waals surface area contributed by atoms with E-state index in [1.54, 1.807) is 18.2 Å². The Bertz CT molecular complexity index is 535. The highest BCUT2D eigenvalue weighted by Crippen LogP contribution is 2.29. The van der Waals surface area contributed by atoms with E-state index in [0.717, 1.165) is 23.4 Å². The van der Waals surface area contributed by atoms with Crippen LogP contribution in [-0.4, -0.2) is 11.5 Å². The Morgan fingerprint density at radius 3 is 2.93 bits per heavy atom. The fourth-order valence-electron chi connectivity index (χ4n) is 1.92. The number of fused-ring (bicyclic) bond motifs is 2. The van der Waals surface area contributed by atoms with Crippen LogP contribution in [0.15, 0.2) is 53.1 Å². The van der Waals surface area contributed by atoms with Crippen molar-refractivity contribution in [3.05, 3.63) is 53.6 Å². The molecule has 2 heteroatoms. The SMILES string of the molecule is O=C1C=CC2=Nc3ccccc3CC2=C1. The van der Waals surface area contributed by atoms with E-state index in [1.165, 1.54) is 5.56 Å². The highest BCUT2D eigenvalue weighted by molar-refractivity contribution is 6.21. The normalized spacial score (nSPS) is 17.7. The average molecular weight is 195 g/mol. The lowest BCUT2D eigenvalue weighted by Gasteiger charge is -2.18. The van der Waals surface area contributed by atoms with Gasteiger partial charge in [-0.2, -0.15) is 0 Å². The van der Waals surface area contributed by atoms with Crippen LogP contribution in [0.5, 0.6) is 0 Å². The number of ketones is 1. The Morgan fingerprint density at radius 2 is 2.00 bits per heavy atom. The zero-order valence-corrected chi connectivity index (χ0v) is 8.10. The summed E-state index contributed by atoms with van der Waals surface area (Å²) < 4.78 is 0. The summed E-state index contributed by atoms with van der Waals surface area (Å²) in [5.74, 6) is 0.0586. The molecule has 0 bridgehead atoms. The van der Waals surface area contributed by atoms with Crippen LogP contribution in [0.25, 0.3) is 0 Å². The quantitative estimate of drug-likeness (QED) is 0.584. The number of hydrogen-bond acceptors (Lipinski definition) is 2. The van der Waals surface area contributed by atoms with Gasteiger partial charge in [0.05, 0.1) is 11.4 Å². The topological polar surface area (TPSA) is 29.4 Å². The molecule has 15 heavy (non-hydrogen) atoms. The second-order valence-corrected chi connectivity index (χ2v) is 3.71. The number of benzene rings is 1. The van der Waals surface area contributed by atoms with Gasteiger partial charge in [-0.05, 0) is 35.4 Å². The minimum absolute atomic E-state index is 0.0586. The molecule has 1 aromatic rings. The number of allylic oxidation sites excluding steroid dienone is 4. The van der Waals surface area contributed by atoms with E-state index in [9.17, 15) is 4.79 Å². The molecule has 1 aliphatic heterocycles. The van der Waals surface area contributed by atoms with Gasteiger partial charge in [0.15, 0.2) is 5.78 Å². The van der Waals surface area contributed by atoms with Crippen molar-refractivity contribution < 1.29 is 4.79 Å². The summed E-state index contributed by atoms with van der Waals surface area (Å²) in [6.07, 6.45) is 5.85. The summed E-state index contributed by atoms with van der Waals surface area (Å²) in [6, 6.07) is 8.04. The van der Waals surface area contributed by atoms with Crippen LogP contribution in [0.3, 0.4) is 0 Å². The Labute approximate surface area is 87.7 Å². The molecule has 1 aliphatic carbocycles. The van der Waals surface area contributed by atoms with Gasteiger partial charge in [0.1, 0.15) is 0 Å². The molecule has 0 amide bonds. The van der Waals surface area contributed by atoms with Crippen molar-refractivity contribution in [3.63, 3.8) is 0 Å². The molecule has 0 saturated carbocycles. The third kappa shape index (κ3) is 1.34. The van der Waals surface area contributed by atoms with E-state index in [1.807, 2.05) is 18.2 Å². The summed E-state index contributed by atoms with van der Waals surface area (Å²) in [6.45, 7) is 0. The summed E-state index contributed by atoms with van der Waals surface area (Å²) in [7, 11) is 0. The molecule has 0 unspecified atom stereocenters. The molecular formula is C13H9NO. The Balaban J connectivity index is 2.16. The molecule has 2 aliphatic rings. The second-order valence-electron chi connectivity index (χ2n) is 3.71. The smallest absolute Gasteiger partial charge is 0.179 e. The summed E-state index contributed by atoms with van der Waals surface area (Å²) in [5, 5.41) is 0. The predicted molar refractivity (Wildman–Crippen MR) is 59.5 cm³/mol. The lowest BCUT2D eigenvalue weighted by atomic mass is 9.92. The van der Waals surface area contributed by atoms with E-state index in [0.29, 0.717) is 0 Å². The van der Waals surface area contributed by atoms with Crippen LogP contribution in [0.2, 0.25) is 0 Å². The largest absolute Gasteiger partial charge is 0.290 e. The molecule has 0 aromatic heterocycles. The molecule has 0 spiro atoms. The predicted octanol–water partition coefficient (Wildman–Crippen LogP) is 2.38. The standard InChI is InChI=1S/C13H9NO/c15-11-5-6-13-10(8-11)7-9-3-1-2-4-12(9)14-13/h1-6,8H,7H2. The van der Waals surface area contributed by atoms with Gasteiger partial charge in [0, 0.05) is 6.42 Å². The number of nitrogens with zero attached hydrogens (tertiary/aromatic N) is 1. The van der Waals surface area contributed by atoms with Crippen molar-refractivity contribution in [2.45, 2.75) is 6.42 Å². The molecule has 3 rings (SSSR count). The Morgan fingerprint density at radius 1 is 1.13 bits per heavy atom. The van der Waals surface area contributed by atoms with Crippen molar-refractivity contribution in [2.75, 3.05) is 0 Å². The van der Waals surface area contributed by atoms with Crippen LogP contribution in [0.4, 0.5) is 5.69 Å². The molecule has 0 fully saturated rings. The second kappa shape index (κ2) is 3.02. The van der Waals surface area contributed by atoms with Crippen LogP contribution in [-0.2, 0) is 11.2 Å². The maximum Gasteiger partial charge on any atom is 0.179 e. The minimum atomic E-state index is 0.0586. The molecule has 0 radical (unpaired) electrons. The molecule has 2 nitrogen and oxygen atoms in total. The molecule has 1 heterocycles. The number of para-hydroxylation sites is 1. The van der Waals surface area contributed by atoms with Crippen molar-refractivity contribution >= 4 is 17.2 Å². The van der Waals surface area contributed by atoms with Gasteiger partial charge < -0.3 is 0 Å². The lowest BCUT2D eigenvalue weighted by molar-refractivity contribution is -0.110. The summed E-state index contributed by atoms with van der Waals surface area (Å²) in [4.78, 5) is 15.7. The van der Waals surface area contributed by atoms with Gasteiger partial charge in [-0.25, -0.2) is 4.99 Å². The van der Waals surface area contributed by atoms with E-state index in [4.69, 9.17) is 0 Å². The van der Waals surface area contributed by atoms with Crippen molar-refractivity contribution in [1.82, 2.24) is 0 Å². The van der Waals surface area contributed by atoms with E-state index in [-0.39, 0.29) is 5.78 Å². The van der Waals surface area contributed by atoms with Crippen LogP contribution < -0.4 is 0 Å². The molecule has 0 saturated heterocycles. The van der Waals surface area contributed by atoms with Crippen LogP contribution >= 0.6 is 0 Å². The fraction of sp³-hybridized carbons (Fsp3) is 0.0769. The Kier molecular flexibility index (Phi) is 1.68. The first-order valence-corrected chi connectivity index (χ1v) is 4.92. The van der Waals surface area contributed by atoms with Gasteiger partial charge in [-0.15, -0.1) is 0 Å². The maximum absolute atomic E-state index is 11.2. The van der Waals surface area contributed by atoms with E-state index in [2.05, 4.69) is 11.1 Å². The molecule has 1 aromatic carbocycles. The zero-order valence-electron chi connectivity index (χ0n) is 8.10. The van der Waals surface area contributed by atoms with Gasteiger partial charge in [0.2, 0.25) is 0 Å². The highest BCUT2D eigenvalue weighted by atomic mass is 16.1. The minimum Gasteiger partial charge on any atom is -0.290 e. The van der Waals surface area contributed by atoms with Gasteiger partial charge in [-0.3, -0.25) is 4.79 Å². The number of hydrogen-bond donors (Lipinski definition) is 0. The zero-order chi connectivity index (χ0) is 10.3. The van der Waals surface area contributed by atoms with Crippen LogP contribution in [0.1, 0.15) is 5.56 Å². The first-order valence-electron chi connectivity index (χ1n) is 4.92. The van der Waals surface area contributed by atoms with Gasteiger partial charge >= 0.3 is 0 Å². The monoisotopic (exact) mass is 195 g/mol. The number of rotatable bonds is 0. The van der Waals surface area contributed by atoms with Crippen molar-refractivity contribution in [2.24, 2.45) is 4.99 Å². The fourth-order valence-corrected chi connectivity index (χ4v) is 1.92. The first kappa shape index (κ1) is 8.36. The Hall–Kier alpha value is -1.96. The van der Waals surface area contributed by atoms with Crippen molar-refractivity contribution in [1.29, 1.82) is 0 Å². The number of carbonyl (C=O) groups excluding carboxylic acids is 1. The van der Waals surface area contributed by atoms with E-state index < -0.39 is 0 Å². The van der Waals surface area contributed by atoms with Crippen LogP contribution in [0, 0.1) is 0 Å². The third-order valence-corrected chi connectivity index (χ3v) is 2.66. The number of aliphatic imine (C=N–C) groups is 1. The average Bonchev–Trinajstić information content (AvgIpc) is 2.26. The van der Waals surface area contributed by atoms with E-state index >= 15 is 0 Å². The summed E-state index contributed by atoms with van der Waals surface area (Å²) in [5.41, 5.74) is 4.16. The molecule has 72 valence electrons. The van der Waals surface area contributed by atoms with Gasteiger partial charge in [0.25, 0.3) is 0 Å². The molecule has 0 N–H and O–H groups in total. The number of carbonyl (C=O) groups is 1. The maximum atomic E-state index is 11.2. The van der Waals surface area contributed by atoms with Gasteiger partial charge in [-0.1, -0.05) is 18.2 Å². The molecule has 0 atom stereocenters. The summed E-state index contributed by atoms with van der Waals surface area (Å²) >= 11 is 0. The first-order chi connectivity index (χ1) is 7.33. The van der Waals surface area contributed by atoms with Crippen molar-refractivity contribution in [3.8, 4) is 0 Å². The lowest BCUT2D eigenvalue weighted by Crippen LogP contribution is -2.13. The highest BCUT2D eigenvalue weighted by Gasteiger charge is 2.17. The third-order valence-electron chi connectivity index (χ3n) is 2.66. The molecular weight excluding hydrogens is 186 g/mol.